The molecule has 0 spiro atoms. The second kappa shape index (κ2) is 13.5. The maximum atomic E-state index is 12.2. The van der Waals surface area contributed by atoms with E-state index in [1.165, 1.54) is 25.7 Å². The molecule has 0 unspecified atom stereocenters. The zero-order valence-electron chi connectivity index (χ0n) is 19.8. The molecule has 1 amide bonds. The number of amides is 1. The fourth-order valence-corrected chi connectivity index (χ4v) is 4.77. The third kappa shape index (κ3) is 9.47. The van der Waals surface area contributed by atoms with Crippen LogP contribution < -0.4 is 5.32 Å². The number of carbonyl (C=O) groups is 2. The van der Waals surface area contributed by atoms with Gasteiger partial charge in [-0.1, -0.05) is 13.8 Å². The van der Waals surface area contributed by atoms with Gasteiger partial charge in [-0.05, 0) is 83.5 Å². The Labute approximate surface area is 184 Å². The van der Waals surface area contributed by atoms with Gasteiger partial charge in [-0.25, -0.2) is 0 Å². The molecular formula is C25H45NO4. The molecule has 5 heteroatoms. The second-order valence-corrected chi connectivity index (χ2v) is 10.1. The van der Waals surface area contributed by atoms with Crippen molar-refractivity contribution in [2.45, 2.75) is 104 Å². The smallest absolute Gasteiger partial charge is 0.220 e. The molecule has 2 saturated carbocycles. The van der Waals surface area contributed by atoms with E-state index in [1.54, 1.807) is 0 Å². The number of ketones is 1. The molecule has 2 aliphatic rings. The molecule has 0 bridgehead atoms. The minimum atomic E-state index is 0.120. The van der Waals surface area contributed by atoms with E-state index >= 15 is 0 Å². The third-order valence-electron chi connectivity index (χ3n) is 6.74. The number of Topliss-reactive ketones (excluding diaryl/α,β-unsaturated/α-hetero) is 1. The van der Waals surface area contributed by atoms with Crippen molar-refractivity contribution in [2.24, 2.45) is 23.7 Å². The predicted molar refractivity (Wildman–Crippen MR) is 120 cm³/mol. The standard InChI is InChI=1S/C25H45NO4/c1-18(2)25(28)22-11-13-23(14-12-22)26-24(27)6-5-15-29-16-20-7-9-21(10-8-20)17-30-19(3)4/h18-23H,5-17H2,1-4H3,(H,26,27)/t20-,21-,22-,23-. The van der Waals surface area contributed by atoms with Gasteiger partial charge in [0, 0.05) is 44.1 Å². The number of carbonyl (C=O) groups excluding carboxylic acids is 2. The SMILES string of the molecule is CC(C)OC[C@H]1CC[C@H](COCCCC(=O)N[C@H]2CC[C@H](C(=O)C(C)C)CC2)CC1. The Bertz CT molecular complexity index is 503. The molecule has 0 saturated heterocycles. The quantitative estimate of drug-likeness (QED) is 0.453. The zero-order chi connectivity index (χ0) is 21.9. The lowest BCUT2D eigenvalue weighted by atomic mass is 9.80. The lowest BCUT2D eigenvalue weighted by Gasteiger charge is -2.29. The zero-order valence-corrected chi connectivity index (χ0v) is 19.8. The molecule has 2 aliphatic carbocycles. The summed E-state index contributed by atoms with van der Waals surface area (Å²) in [6.45, 7) is 10.5. The maximum Gasteiger partial charge on any atom is 0.220 e. The average molecular weight is 424 g/mol. The van der Waals surface area contributed by atoms with E-state index in [2.05, 4.69) is 19.2 Å². The summed E-state index contributed by atoms with van der Waals surface area (Å²) in [5, 5.41) is 3.15. The van der Waals surface area contributed by atoms with Crippen LogP contribution in [0, 0.1) is 23.7 Å². The van der Waals surface area contributed by atoms with Gasteiger partial charge in [0.1, 0.15) is 5.78 Å². The number of nitrogens with one attached hydrogen (secondary N) is 1. The van der Waals surface area contributed by atoms with Crippen molar-refractivity contribution >= 4 is 11.7 Å². The highest BCUT2D eigenvalue weighted by Gasteiger charge is 2.28. The predicted octanol–water partition coefficient (Wildman–Crippen LogP) is 4.91. The molecule has 0 aromatic carbocycles. The first-order chi connectivity index (χ1) is 14.3. The minimum Gasteiger partial charge on any atom is -0.381 e. The summed E-state index contributed by atoms with van der Waals surface area (Å²) >= 11 is 0. The highest BCUT2D eigenvalue weighted by Crippen LogP contribution is 2.29. The van der Waals surface area contributed by atoms with E-state index in [0.717, 1.165) is 45.3 Å². The fourth-order valence-electron chi connectivity index (χ4n) is 4.77. The van der Waals surface area contributed by atoms with Crippen LogP contribution in [0.2, 0.25) is 0 Å². The Hall–Kier alpha value is -0.940. The van der Waals surface area contributed by atoms with Crippen molar-refractivity contribution in [3.63, 3.8) is 0 Å². The van der Waals surface area contributed by atoms with E-state index in [9.17, 15) is 9.59 Å². The van der Waals surface area contributed by atoms with Crippen molar-refractivity contribution < 1.29 is 19.1 Å². The van der Waals surface area contributed by atoms with Crippen LogP contribution in [0.4, 0.5) is 0 Å². The first kappa shape index (κ1) is 25.3. The molecule has 30 heavy (non-hydrogen) atoms. The number of hydrogen-bond acceptors (Lipinski definition) is 4. The van der Waals surface area contributed by atoms with Crippen LogP contribution in [0.25, 0.3) is 0 Å². The summed E-state index contributed by atoms with van der Waals surface area (Å²) in [5.74, 6) is 2.21. The normalized spacial score (nSPS) is 27.4. The summed E-state index contributed by atoms with van der Waals surface area (Å²) in [6, 6.07) is 0.240. The average Bonchev–Trinajstić information content (AvgIpc) is 2.72. The van der Waals surface area contributed by atoms with Crippen LogP contribution in [0.5, 0.6) is 0 Å². The van der Waals surface area contributed by atoms with E-state index < -0.39 is 0 Å². The van der Waals surface area contributed by atoms with Gasteiger partial charge in [-0.2, -0.15) is 0 Å². The molecule has 0 atom stereocenters. The van der Waals surface area contributed by atoms with Crippen LogP contribution in [0.3, 0.4) is 0 Å². The van der Waals surface area contributed by atoms with Crippen molar-refractivity contribution in [1.29, 1.82) is 0 Å². The Kier molecular flexibility index (Phi) is 11.4. The largest absolute Gasteiger partial charge is 0.381 e. The Morgan fingerprint density at radius 3 is 2.03 bits per heavy atom. The molecule has 5 nitrogen and oxygen atoms in total. The fraction of sp³-hybridized carbons (Fsp3) is 0.920. The first-order valence-electron chi connectivity index (χ1n) is 12.4. The molecule has 2 fully saturated rings. The van der Waals surface area contributed by atoms with Gasteiger partial charge < -0.3 is 14.8 Å². The van der Waals surface area contributed by atoms with Gasteiger partial charge in [-0.15, -0.1) is 0 Å². The van der Waals surface area contributed by atoms with Crippen LogP contribution >= 0.6 is 0 Å². The van der Waals surface area contributed by atoms with E-state index in [4.69, 9.17) is 9.47 Å². The molecule has 0 aliphatic heterocycles. The summed E-state index contributed by atoms with van der Waals surface area (Å²) in [6.07, 6.45) is 10.3. The Morgan fingerprint density at radius 2 is 1.47 bits per heavy atom. The first-order valence-corrected chi connectivity index (χ1v) is 12.4. The Morgan fingerprint density at radius 1 is 0.867 bits per heavy atom. The van der Waals surface area contributed by atoms with Crippen molar-refractivity contribution in [1.82, 2.24) is 5.32 Å². The van der Waals surface area contributed by atoms with Crippen molar-refractivity contribution in [3.05, 3.63) is 0 Å². The molecule has 174 valence electrons. The van der Waals surface area contributed by atoms with Crippen LogP contribution in [0.1, 0.15) is 91.9 Å². The second-order valence-electron chi connectivity index (χ2n) is 10.1. The highest BCUT2D eigenvalue weighted by molar-refractivity contribution is 5.83. The van der Waals surface area contributed by atoms with Crippen molar-refractivity contribution in [2.75, 3.05) is 19.8 Å². The number of ether oxygens (including phenoxy) is 2. The summed E-state index contributed by atoms with van der Waals surface area (Å²) in [4.78, 5) is 24.3. The van der Waals surface area contributed by atoms with E-state index in [0.29, 0.717) is 36.8 Å². The monoisotopic (exact) mass is 423 g/mol. The lowest BCUT2D eigenvalue weighted by Crippen LogP contribution is -2.39. The van der Waals surface area contributed by atoms with Crippen molar-refractivity contribution in [3.8, 4) is 0 Å². The molecule has 1 N–H and O–H groups in total. The molecular weight excluding hydrogens is 378 g/mol. The van der Waals surface area contributed by atoms with Gasteiger partial charge in [0.15, 0.2) is 0 Å². The van der Waals surface area contributed by atoms with Gasteiger partial charge in [0.2, 0.25) is 5.91 Å². The summed E-state index contributed by atoms with van der Waals surface area (Å²) < 4.78 is 11.6. The molecule has 0 radical (unpaired) electrons. The topological polar surface area (TPSA) is 64.6 Å². The van der Waals surface area contributed by atoms with E-state index in [1.807, 2.05) is 13.8 Å². The lowest BCUT2D eigenvalue weighted by molar-refractivity contribution is -0.127. The minimum absolute atomic E-state index is 0.120. The molecule has 2 rings (SSSR count). The number of rotatable bonds is 12. The van der Waals surface area contributed by atoms with Gasteiger partial charge >= 0.3 is 0 Å². The van der Waals surface area contributed by atoms with Crippen LogP contribution in [0.15, 0.2) is 0 Å². The Balaban J connectivity index is 1.47. The van der Waals surface area contributed by atoms with Gasteiger partial charge in [0.25, 0.3) is 0 Å². The van der Waals surface area contributed by atoms with Gasteiger partial charge in [-0.3, -0.25) is 9.59 Å². The third-order valence-corrected chi connectivity index (χ3v) is 6.74. The molecule has 0 heterocycles. The summed E-state index contributed by atoms with van der Waals surface area (Å²) in [5.41, 5.74) is 0. The molecule has 0 aromatic rings. The summed E-state index contributed by atoms with van der Waals surface area (Å²) in [7, 11) is 0. The number of hydrogen-bond donors (Lipinski definition) is 1. The van der Waals surface area contributed by atoms with E-state index in [-0.39, 0.29) is 23.8 Å². The van der Waals surface area contributed by atoms with Gasteiger partial charge in [0.05, 0.1) is 6.10 Å². The highest BCUT2D eigenvalue weighted by atomic mass is 16.5. The maximum absolute atomic E-state index is 12.2. The molecule has 0 aromatic heterocycles. The van der Waals surface area contributed by atoms with Crippen LogP contribution in [-0.4, -0.2) is 43.7 Å². The van der Waals surface area contributed by atoms with Crippen LogP contribution in [-0.2, 0) is 19.1 Å².